The number of aromatic nitrogens is 1. The van der Waals surface area contributed by atoms with Gasteiger partial charge in [0.2, 0.25) is 0 Å². The van der Waals surface area contributed by atoms with Crippen LogP contribution in [-0.2, 0) is 0 Å². The summed E-state index contributed by atoms with van der Waals surface area (Å²) < 4.78 is 0. The molecule has 1 aliphatic heterocycles. The highest BCUT2D eigenvalue weighted by molar-refractivity contribution is 7.80. The van der Waals surface area contributed by atoms with Crippen molar-refractivity contribution in [3.05, 3.63) is 65.3 Å². The number of nitrogens with one attached hydrogen (secondary N) is 2. The van der Waals surface area contributed by atoms with Crippen molar-refractivity contribution in [3.8, 4) is 6.07 Å². The number of rotatable bonds is 3. The van der Waals surface area contributed by atoms with Crippen molar-refractivity contribution >= 4 is 51.2 Å². The Morgan fingerprint density at radius 3 is 2.62 bits per heavy atom. The molecule has 5 nitrogen and oxygen atoms in total. The molecule has 0 spiro atoms. The number of nitrogens with zero attached hydrogens (tertiary/aromatic N) is 3. The average Bonchev–Trinajstić information content (AvgIpc) is 2.74. The zero-order valence-electron chi connectivity index (χ0n) is 15.7. The topological polar surface area (TPSA) is 64.0 Å². The number of fused-ring (bicyclic) bond motifs is 1. The minimum absolute atomic E-state index is 0.326. The van der Waals surface area contributed by atoms with Gasteiger partial charge in [0.05, 0.1) is 17.1 Å². The Morgan fingerprint density at radius 1 is 1.14 bits per heavy atom. The highest BCUT2D eigenvalue weighted by atomic mass is 35.5. The number of pyridine rings is 1. The van der Waals surface area contributed by atoms with Crippen LogP contribution >= 0.6 is 23.8 Å². The predicted octanol–water partition coefficient (Wildman–Crippen LogP) is 4.72. The molecule has 0 aliphatic carbocycles. The molecule has 0 radical (unpaired) electrons. The fourth-order valence-corrected chi connectivity index (χ4v) is 4.08. The summed E-state index contributed by atoms with van der Waals surface area (Å²) in [6.45, 7) is 1.89. The molecule has 2 aromatic carbocycles. The third kappa shape index (κ3) is 4.58. The predicted molar refractivity (Wildman–Crippen MR) is 123 cm³/mol. The largest absolute Gasteiger partial charge is 0.371 e. The minimum atomic E-state index is 0.326. The first-order chi connectivity index (χ1) is 14.1. The van der Waals surface area contributed by atoms with Gasteiger partial charge in [0.25, 0.3) is 0 Å². The monoisotopic (exact) mass is 421 g/mol. The molecule has 7 heteroatoms. The number of hydrogen-bond acceptors (Lipinski definition) is 4. The van der Waals surface area contributed by atoms with Crippen LogP contribution in [0.15, 0.2) is 54.7 Å². The van der Waals surface area contributed by atoms with Gasteiger partial charge in [-0.1, -0.05) is 11.6 Å². The molecule has 1 aliphatic rings. The van der Waals surface area contributed by atoms with Gasteiger partial charge in [0, 0.05) is 47.1 Å². The summed E-state index contributed by atoms with van der Waals surface area (Å²) in [4.78, 5) is 6.83. The molecule has 1 saturated heterocycles. The van der Waals surface area contributed by atoms with E-state index in [2.05, 4.69) is 32.7 Å². The summed E-state index contributed by atoms with van der Waals surface area (Å²) in [5, 5.41) is 17.9. The Hall–Kier alpha value is -2.88. The van der Waals surface area contributed by atoms with Crippen molar-refractivity contribution in [3.63, 3.8) is 0 Å². The van der Waals surface area contributed by atoms with E-state index in [1.165, 1.54) is 5.69 Å². The van der Waals surface area contributed by atoms with E-state index in [4.69, 9.17) is 29.1 Å². The lowest BCUT2D eigenvalue weighted by Crippen LogP contribution is -2.46. The van der Waals surface area contributed by atoms with E-state index in [1.54, 1.807) is 12.1 Å². The van der Waals surface area contributed by atoms with Crippen molar-refractivity contribution in [1.82, 2.24) is 10.3 Å². The second kappa shape index (κ2) is 8.64. The van der Waals surface area contributed by atoms with Crippen LogP contribution < -0.4 is 15.5 Å². The molecule has 2 N–H and O–H groups in total. The quantitative estimate of drug-likeness (QED) is 0.597. The molecule has 3 aromatic rings. The van der Waals surface area contributed by atoms with Crippen LogP contribution in [0.3, 0.4) is 0 Å². The first-order valence-electron chi connectivity index (χ1n) is 9.49. The molecule has 0 unspecified atom stereocenters. The van der Waals surface area contributed by atoms with E-state index >= 15 is 0 Å². The van der Waals surface area contributed by atoms with Gasteiger partial charge in [-0.2, -0.15) is 5.26 Å². The Bertz CT molecular complexity index is 1070. The van der Waals surface area contributed by atoms with Crippen LogP contribution in [0, 0.1) is 11.3 Å². The van der Waals surface area contributed by atoms with Crippen LogP contribution in [0.5, 0.6) is 0 Å². The SMILES string of the molecule is N#Cc1ccc(NC(=S)NC2CCN(c3ccnc4cc(Cl)ccc34)CC2)cc1. The maximum absolute atomic E-state index is 8.88. The number of nitriles is 1. The van der Waals surface area contributed by atoms with Gasteiger partial charge in [0.1, 0.15) is 0 Å². The molecule has 1 fully saturated rings. The van der Waals surface area contributed by atoms with Crippen LogP contribution in [-0.4, -0.2) is 29.2 Å². The van der Waals surface area contributed by atoms with Crippen LogP contribution in [0.4, 0.5) is 11.4 Å². The fraction of sp³-hybridized carbons (Fsp3) is 0.227. The fourth-order valence-electron chi connectivity index (χ4n) is 3.63. The number of thiocarbonyl (C=S) groups is 1. The van der Waals surface area contributed by atoms with Gasteiger partial charge in [-0.05, 0) is 73.6 Å². The second-order valence-electron chi connectivity index (χ2n) is 7.04. The van der Waals surface area contributed by atoms with Crippen molar-refractivity contribution in [2.45, 2.75) is 18.9 Å². The number of hydrogen-bond donors (Lipinski definition) is 2. The molecule has 4 rings (SSSR count). The Labute approximate surface area is 180 Å². The second-order valence-corrected chi connectivity index (χ2v) is 7.89. The Balaban J connectivity index is 1.35. The van der Waals surface area contributed by atoms with E-state index in [0.717, 1.165) is 42.5 Å². The first kappa shape index (κ1) is 19.4. The molecule has 0 bridgehead atoms. The van der Waals surface area contributed by atoms with Gasteiger partial charge in [0.15, 0.2) is 5.11 Å². The molecule has 0 amide bonds. The highest BCUT2D eigenvalue weighted by Crippen LogP contribution is 2.29. The molecule has 146 valence electrons. The first-order valence-corrected chi connectivity index (χ1v) is 10.3. The van der Waals surface area contributed by atoms with Gasteiger partial charge in [-0.3, -0.25) is 4.98 Å². The van der Waals surface area contributed by atoms with Gasteiger partial charge in [-0.25, -0.2) is 0 Å². The maximum atomic E-state index is 8.88. The Kier molecular flexibility index (Phi) is 5.79. The van der Waals surface area contributed by atoms with Crippen LogP contribution in [0.2, 0.25) is 5.02 Å². The molecule has 0 saturated carbocycles. The maximum Gasteiger partial charge on any atom is 0.170 e. The minimum Gasteiger partial charge on any atom is -0.371 e. The van der Waals surface area contributed by atoms with E-state index < -0.39 is 0 Å². The van der Waals surface area contributed by atoms with E-state index in [-0.39, 0.29) is 0 Å². The lowest BCUT2D eigenvalue weighted by molar-refractivity contribution is 0.468. The summed E-state index contributed by atoms with van der Waals surface area (Å²) in [5.41, 5.74) is 3.63. The van der Waals surface area contributed by atoms with Crippen molar-refractivity contribution < 1.29 is 0 Å². The normalized spacial score (nSPS) is 14.4. The van der Waals surface area contributed by atoms with Crippen molar-refractivity contribution in [2.75, 3.05) is 23.3 Å². The summed E-state index contributed by atoms with van der Waals surface area (Å²) in [7, 11) is 0. The highest BCUT2D eigenvalue weighted by Gasteiger charge is 2.21. The number of anilines is 2. The molecule has 2 heterocycles. The third-order valence-corrected chi connectivity index (χ3v) is 5.58. The van der Waals surface area contributed by atoms with Gasteiger partial charge >= 0.3 is 0 Å². The van der Waals surface area contributed by atoms with E-state index in [9.17, 15) is 0 Å². The third-order valence-electron chi connectivity index (χ3n) is 5.12. The lowest BCUT2D eigenvalue weighted by Gasteiger charge is -2.35. The summed E-state index contributed by atoms with van der Waals surface area (Å²) in [6, 6.07) is 17.6. The molecule has 0 atom stereocenters. The Morgan fingerprint density at radius 2 is 1.90 bits per heavy atom. The average molecular weight is 422 g/mol. The smallest absolute Gasteiger partial charge is 0.170 e. The number of halogens is 1. The standard InChI is InChI=1S/C22H20ClN5S/c23-16-3-6-19-20(13-16)25-10-7-21(19)28-11-8-18(9-12-28)27-22(29)26-17-4-1-15(14-24)2-5-17/h1-7,10,13,18H,8-9,11-12H2,(H2,26,27,29). The molecule has 29 heavy (non-hydrogen) atoms. The molecular weight excluding hydrogens is 402 g/mol. The molecular formula is C22H20ClN5S. The van der Waals surface area contributed by atoms with Gasteiger partial charge < -0.3 is 15.5 Å². The van der Waals surface area contributed by atoms with Crippen LogP contribution in [0.25, 0.3) is 10.9 Å². The van der Waals surface area contributed by atoms with E-state index in [0.29, 0.717) is 21.7 Å². The number of benzene rings is 2. The number of piperidine rings is 1. The molecule has 1 aromatic heterocycles. The van der Waals surface area contributed by atoms with Gasteiger partial charge in [-0.15, -0.1) is 0 Å². The summed E-state index contributed by atoms with van der Waals surface area (Å²) in [6.07, 6.45) is 3.83. The summed E-state index contributed by atoms with van der Waals surface area (Å²) in [5.74, 6) is 0. The van der Waals surface area contributed by atoms with E-state index in [1.807, 2.05) is 36.5 Å². The summed E-state index contributed by atoms with van der Waals surface area (Å²) >= 11 is 11.6. The lowest BCUT2D eigenvalue weighted by atomic mass is 10.0. The van der Waals surface area contributed by atoms with Crippen molar-refractivity contribution in [2.24, 2.45) is 0 Å². The zero-order chi connectivity index (χ0) is 20.2. The van der Waals surface area contributed by atoms with Crippen LogP contribution in [0.1, 0.15) is 18.4 Å². The van der Waals surface area contributed by atoms with Crippen molar-refractivity contribution in [1.29, 1.82) is 5.26 Å². The zero-order valence-corrected chi connectivity index (χ0v) is 17.3.